The van der Waals surface area contributed by atoms with Gasteiger partial charge in [-0.1, -0.05) is 36.4 Å². The van der Waals surface area contributed by atoms with Crippen molar-refractivity contribution in [3.8, 4) is 0 Å². The second kappa shape index (κ2) is 8.92. The van der Waals surface area contributed by atoms with Crippen molar-refractivity contribution in [1.29, 1.82) is 0 Å². The Balaban J connectivity index is 1.67. The zero-order valence-electron chi connectivity index (χ0n) is 17.8. The van der Waals surface area contributed by atoms with Gasteiger partial charge in [-0.2, -0.15) is 0 Å². The first-order valence-corrected chi connectivity index (χ1v) is 12.5. The summed E-state index contributed by atoms with van der Waals surface area (Å²) in [4.78, 5) is 6.28. The minimum atomic E-state index is -3.50. The van der Waals surface area contributed by atoms with Crippen molar-refractivity contribution in [2.75, 3.05) is 14.1 Å². The number of fused-ring (bicyclic) bond motifs is 1. The van der Waals surface area contributed by atoms with E-state index in [0.717, 1.165) is 17.9 Å². The first-order valence-electron chi connectivity index (χ1n) is 10.1. The maximum absolute atomic E-state index is 12.5. The Bertz CT molecular complexity index is 1260. The van der Waals surface area contributed by atoms with Gasteiger partial charge in [0.25, 0.3) is 0 Å². The highest BCUT2D eigenvalue weighted by atomic mass is 32.2. The Morgan fingerprint density at radius 1 is 1.10 bits per heavy atom. The number of benzene rings is 2. The van der Waals surface area contributed by atoms with Crippen LogP contribution in [-0.4, -0.2) is 36.4 Å². The van der Waals surface area contributed by atoms with Crippen molar-refractivity contribution in [3.05, 3.63) is 82.3 Å². The van der Waals surface area contributed by atoms with Crippen LogP contribution in [0.1, 0.15) is 29.2 Å². The maximum atomic E-state index is 12.5. The smallest absolute Gasteiger partial charge is 0.242 e. The molecule has 0 unspecified atom stereocenters. The molecule has 2 heterocycles. The van der Waals surface area contributed by atoms with E-state index in [4.69, 9.17) is 4.98 Å². The first kappa shape index (κ1) is 21.7. The monoisotopic (exact) mass is 454 g/mol. The number of hydrogen-bond donors (Lipinski definition) is 1. The highest BCUT2D eigenvalue weighted by Gasteiger charge is 2.20. The topological polar surface area (TPSA) is 67.2 Å². The van der Waals surface area contributed by atoms with Gasteiger partial charge in [-0.05, 0) is 42.1 Å². The van der Waals surface area contributed by atoms with Gasteiger partial charge in [0, 0.05) is 25.5 Å². The van der Waals surface area contributed by atoms with Gasteiger partial charge in [-0.15, -0.1) is 11.3 Å². The van der Waals surface area contributed by atoms with Crippen LogP contribution in [0.2, 0.25) is 0 Å². The number of sulfonamides is 1. The molecule has 0 saturated carbocycles. The Labute approximate surface area is 187 Å². The molecule has 8 heteroatoms. The second-order valence-electron chi connectivity index (χ2n) is 7.45. The van der Waals surface area contributed by atoms with Crippen molar-refractivity contribution in [3.63, 3.8) is 0 Å². The highest BCUT2D eigenvalue weighted by Crippen LogP contribution is 2.27. The third-order valence-electron chi connectivity index (χ3n) is 5.32. The van der Waals surface area contributed by atoms with E-state index in [2.05, 4.69) is 46.5 Å². The summed E-state index contributed by atoms with van der Waals surface area (Å²) >= 11 is 1.72. The van der Waals surface area contributed by atoms with E-state index in [-0.39, 0.29) is 10.9 Å². The number of aromatic nitrogens is 2. The summed E-state index contributed by atoms with van der Waals surface area (Å²) < 4.78 is 28.4. The van der Waals surface area contributed by atoms with Gasteiger partial charge in [0.05, 0.1) is 28.5 Å². The normalized spacial score (nSPS) is 13.2. The van der Waals surface area contributed by atoms with Gasteiger partial charge in [0.1, 0.15) is 5.82 Å². The molecule has 0 saturated heterocycles. The fourth-order valence-electron chi connectivity index (χ4n) is 3.70. The Kier molecular flexibility index (Phi) is 6.24. The third-order valence-corrected chi connectivity index (χ3v) is 8.07. The molecule has 1 atom stereocenters. The predicted molar refractivity (Wildman–Crippen MR) is 126 cm³/mol. The van der Waals surface area contributed by atoms with E-state index in [0.29, 0.717) is 12.1 Å². The van der Waals surface area contributed by atoms with Crippen LogP contribution in [0.4, 0.5) is 0 Å². The number of nitrogens with zero attached hydrogens (tertiary/aromatic N) is 3. The van der Waals surface area contributed by atoms with Crippen LogP contribution >= 0.6 is 11.3 Å². The number of aryl methyl sites for hydroxylation is 1. The lowest BCUT2D eigenvalue weighted by Gasteiger charge is -2.18. The minimum Gasteiger partial charge on any atom is -0.327 e. The molecule has 0 fully saturated rings. The molecule has 0 aliphatic rings. The molecule has 0 bridgehead atoms. The third kappa shape index (κ3) is 4.29. The second-order valence-corrected chi connectivity index (χ2v) is 10.6. The molecule has 4 rings (SSSR count). The molecule has 0 aliphatic heterocycles. The molecule has 6 nitrogen and oxygen atoms in total. The summed E-state index contributed by atoms with van der Waals surface area (Å²) in [6.07, 6.45) is 0. The maximum Gasteiger partial charge on any atom is 0.242 e. The number of nitrogens with one attached hydrogen (secondary N) is 1. The Hall–Kier alpha value is -2.52. The molecule has 162 valence electrons. The Morgan fingerprint density at radius 2 is 1.87 bits per heavy atom. The SMILES string of the molecule is CCn1c(CN[C@@H](c2ccccc2)c2cccs2)nc2cc(S(=O)(=O)N(C)C)ccc21. The van der Waals surface area contributed by atoms with Crippen molar-refractivity contribution < 1.29 is 8.42 Å². The molecular weight excluding hydrogens is 428 g/mol. The molecule has 0 radical (unpaired) electrons. The number of hydrogen-bond acceptors (Lipinski definition) is 5. The molecule has 4 aromatic rings. The lowest BCUT2D eigenvalue weighted by atomic mass is 10.1. The van der Waals surface area contributed by atoms with Gasteiger partial charge in [-0.25, -0.2) is 17.7 Å². The molecule has 0 aliphatic carbocycles. The average Bonchev–Trinajstić information content (AvgIpc) is 3.41. The molecule has 0 amide bonds. The zero-order chi connectivity index (χ0) is 22.0. The quantitative estimate of drug-likeness (QED) is 0.432. The van der Waals surface area contributed by atoms with Crippen molar-refractivity contribution in [1.82, 2.24) is 19.2 Å². The van der Waals surface area contributed by atoms with Crippen LogP contribution in [0.3, 0.4) is 0 Å². The van der Waals surface area contributed by atoms with E-state index in [9.17, 15) is 8.42 Å². The van der Waals surface area contributed by atoms with Crippen LogP contribution in [0.5, 0.6) is 0 Å². The molecular formula is C23H26N4O2S2. The number of thiophene rings is 1. The van der Waals surface area contributed by atoms with Gasteiger partial charge in [0.2, 0.25) is 10.0 Å². The molecule has 1 N–H and O–H groups in total. The highest BCUT2D eigenvalue weighted by molar-refractivity contribution is 7.89. The summed E-state index contributed by atoms with van der Waals surface area (Å²) in [5.74, 6) is 0.884. The summed E-state index contributed by atoms with van der Waals surface area (Å²) in [6, 6.07) is 19.8. The van der Waals surface area contributed by atoms with Crippen LogP contribution in [-0.2, 0) is 23.1 Å². The molecule has 2 aromatic carbocycles. The minimum absolute atomic E-state index is 0.0657. The largest absolute Gasteiger partial charge is 0.327 e. The van der Waals surface area contributed by atoms with E-state index in [1.807, 2.05) is 24.3 Å². The van der Waals surface area contributed by atoms with E-state index < -0.39 is 10.0 Å². The summed E-state index contributed by atoms with van der Waals surface area (Å²) in [5.41, 5.74) is 2.82. The fraction of sp³-hybridized carbons (Fsp3) is 0.261. The summed E-state index contributed by atoms with van der Waals surface area (Å²) in [7, 11) is -0.429. The van der Waals surface area contributed by atoms with E-state index in [1.54, 1.807) is 23.5 Å². The first-order chi connectivity index (χ1) is 14.9. The lowest BCUT2D eigenvalue weighted by molar-refractivity contribution is 0.521. The van der Waals surface area contributed by atoms with Crippen molar-refractivity contribution in [2.24, 2.45) is 0 Å². The number of imidazole rings is 1. The van der Waals surface area contributed by atoms with Gasteiger partial charge in [-0.3, -0.25) is 5.32 Å². The standard InChI is InChI=1S/C23H26N4O2S2/c1-4-27-20-13-12-18(31(28,29)26(2)3)15-19(20)25-22(27)16-24-23(21-11-8-14-30-21)17-9-6-5-7-10-17/h5-15,23-24H,4,16H2,1-3H3/t23-/m0/s1. The van der Waals surface area contributed by atoms with Gasteiger partial charge >= 0.3 is 0 Å². The number of rotatable bonds is 8. The van der Waals surface area contributed by atoms with Crippen LogP contribution in [0, 0.1) is 0 Å². The van der Waals surface area contributed by atoms with Crippen molar-refractivity contribution >= 4 is 32.4 Å². The lowest BCUT2D eigenvalue weighted by Crippen LogP contribution is -2.23. The van der Waals surface area contributed by atoms with Crippen LogP contribution < -0.4 is 5.32 Å². The predicted octanol–water partition coefficient (Wildman–Crippen LogP) is 4.25. The van der Waals surface area contributed by atoms with Gasteiger partial charge in [0.15, 0.2) is 0 Å². The average molecular weight is 455 g/mol. The molecule has 0 spiro atoms. The fourth-order valence-corrected chi connectivity index (χ4v) is 5.44. The van der Waals surface area contributed by atoms with Crippen LogP contribution in [0.15, 0.2) is 70.9 Å². The summed E-state index contributed by atoms with van der Waals surface area (Å²) in [5, 5.41) is 5.74. The molecule has 2 aromatic heterocycles. The van der Waals surface area contributed by atoms with Crippen molar-refractivity contribution in [2.45, 2.75) is 31.0 Å². The molecule has 31 heavy (non-hydrogen) atoms. The van der Waals surface area contributed by atoms with Crippen LogP contribution in [0.25, 0.3) is 11.0 Å². The Morgan fingerprint density at radius 3 is 2.52 bits per heavy atom. The zero-order valence-corrected chi connectivity index (χ0v) is 19.5. The summed E-state index contributed by atoms with van der Waals surface area (Å²) in [6.45, 7) is 3.39. The van der Waals surface area contributed by atoms with Gasteiger partial charge < -0.3 is 4.57 Å². The van der Waals surface area contributed by atoms with E-state index in [1.165, 1.54) is 28.8 Å². The van der Waals surface area contributed by atoms with E-state index >= 15 is 0 Å².